The van der Waals surface area contributed by atoms with E-state index in [9.17, 15) is 4.79 Å². The first-order valence-corrected chi connectivity index (χ1v) is 7.91. The van der Waals surface area contributed by atoms with Crippen LogP contribution in [0.3, 0.4) is 0 Å². The van der Waals surface area contributed by atoms with Gasteiger partial charge in [0.05, 0.1) is 6.10 Å². The Balaban J connectivity index is 1.62. The minimum atomic E-state index is 0.0748. The van der Waals surface area contributed by atoms with E-state index in [2.05, 4.69) is 0 Å². The van der Waals surface area contributed by atoms with E-state index in [0.717, 1.165) is 37.4 Å². The number of rotatable bonds is 4. The molecule has 1 fully saturated rings. The number of carbonyl (C=O) groups is 1. The Bertz CT molecular complexity index is 631. The lowest BCUT2D eigenvalue weighted by Gasteiger charge is -2.31. The van der Waals surface area contributed by atoms with Crippen LogP contribution >= 0.6 is 0 Å². The monoisotopic (exact) mass is 311 g/mol. The fourth-order valence-electron chi connectivity index (χ4n) is 2.77. The van der Waals surface area contributed by atoms with Gasteiger partial charge in [-0.25, -0.2) is 0 Å². The van der Waals surface area contributed by atoms with E-state index in [-0.39, 0.29) is 12.0 Å². The van der Waals surface area contributed by atoms with Gasteiger partial charge < -0.3 is 14.4 Å². The number of para-hydroxylation sites is 1. The van der Waals surface area contributed by atoms with Gasteiger partial charge in [-0.1, -0.05) is 18.2 Å². The second-order valence-corrected chi connectivity index (χ2v) is 5.67. The molecule has 0 aliphatic carbocycles. The Kier molecular flexibility index (Phi) is 4.93. The Morgan fingerprint density at radius 1 is 0.957 bits per heavy atom. The number of likely N-dealkylation sites (tertiary alicyclic amines) is 1. The summed E-state index contributed by atoms with van der Waals surface area (Å²) in [6.45, 7) is 1.50. The zero-order valence-electron chi connectivity index (χ0n) is 13.3. The van der Waals surface area contributed by atoms with Crippen LogP contribution in [0.2, 0.25) is 0 Å². The summed E-state index contributed by atoms with van der Waals surface area (Å²) in [6.07, 6.45) is 2.08. The highest BCUT2D eigenvalue weighted by Gasteiger charge is 2.23. The topological polar surface area (TPSA) is 38.8 Å². The number of carbonyl (C=O) groups excluding carboxylic acids is 1. The average Bonchev–Trinajstić information content (AvgIpc) is 2.63. The largest absolute Gasteiger partial charge is 0.457 e. The third kappa shape index (κ3) is 3.90. The third-order valence-electron chi connectivity index (χ3n) is 4.14. The second kappa shape index (κ2) is 7.29. The predicted octanol–water partition coefficient (Wildman–Crippen LogP) is 3.73. The SMILES string of the molecule is COC1CCN(C(=O)c2ccc(Oc3ccccc3)cc2)CC1. The second-order valence-electron chi connectivity index (χ2n) is 5.67. The third-order valence-corrected chi connectivity index (χ3v) is 4.14. The summed E-state index contributed by atoms with van der Waals surface area (Å²) < 4.78 is 11.1. The molecule has 2 aromatic carbocycles. The van der Waals surface area contributed by atoms with Crippen LogP contribution in [0.15, 0.2) is 54.6 Å². The number of hydrogen-bond acceptors (Lipinski definition) is 3. The minimum absolute atomic E-state index is 0.0748. The van der Waals surface area contributed by atoms with Crippen molar-refractivity contribution in [1.29, 1.82) is 0 Å². The van der Waals surface area contributed by atoms with Crippen LogP contribution in [0.5, 0.6) is 11.5 Å². The van der Waals surface area contributed by atoms with Crippen LogP contribution < -0.4 is 4.74 Å². The fourth-order valence-corrected chi connectivity index (χ4v) is 2.77. The lowest BCUT2D eigenvalue weighted by atomic mass is 10.1. The van der Waals surface area contributed by atoms with Crippen molar-refractivity contribution < 1.29 is 14.3 Å². The first-order chi connectivity index (χ1) is 11.3. The Labute approximate surface area is 136 Å². The summed E-state index contributed by atoms with van der Waals surface area (Å²) in [5.74, 6) is 1.59. The predicted molar refractivity (Wildman–Crippen MR) is 88.9 cm³/mol. The van der Waals surface area contributed by atoms with E-state index in [1.165, 1.54) is 0 Å². The number of hydrogen-bond donors (Lipinski definition) is 0. The molecule has 0 atom stereocenters. The zero-order valence-corrected chi connectivity index (χ0v) is 13.3. The molecule has 1 aliphatic heterocycles. The van der Waals surface area contributed by atoms with E-state index < -0.39 is 0 Å². The van der Waals surface area contributed by atoms with Gasteiger partial charge in [-0.05, 0) is 49.2 Å². The van der Waals surface area contributed by atoms with Gasteiger partial charge in [0, 0.05) is 25.8 Å². The molecule has 1 heterocycles. The Morgan fingerprint density at radius 3 is 2.17 bits per heavy atom. The van der Waals surface area contributed by atoms with Crippen molar-refractivity contribution in [2.24, 2.45) is 0 Å². The fraction of sp³-hybridized carbons (Fsp3) is 0.316. The van der Waals surface area contributed by atoms with Gasteiger partial charge in [-0.2, -0.15) is 0 Å². The van der Waals surface area contributed by atoms with E-state index in [0.29, 0.717) is 5.56 Å². The standard InChI is InChI=1S/C19H21NO3/c1-22-16-11-13-20(14-12-16)19(21)15-7-9-18(10-8-15)23-17-5-3-2-4-6-17/h2-10,16H,11-14H2,1H3. The molecular weight excluding hydrogens is 290 g/mol. The molecule has 23 heavy (non-hydrogen) atoms. The first kappa shape index (κ1) is 15.6. The molecule has 0 spiro atoms. The van der Waals surface area contributed by atoms with Gasteiger partial charge in [0.25, 0.3) is 5.91 Å². The van der Waals surface area contributed by atoms with Crippen LogP contribution in [0, 0.1) is 0 Å². The van der Waals surface area contributed by atoms with Gasteiger partial charge in [0.15, 0.2) is 0 Å². The van der Waals surface area contributed by atoms with Crippen molar-refractivity contribution in [3.05, 3.63) is 60.2 Å². The molecule has 0 N–H and O–H groups in total. The lowest BCUT2D eigenvalue weighted by Crippen LogP contribution is -2.40. The van der Waals surface area contributed by atoms with Crippen LogP contribution in [0.4, 0.5) is 0 Å². The number of benzene rings is 2. The molecule has 120 valence electrons. The zero-order chi connectivity index (χ0) is 16.1. The summed E-state index contributed by atoms with van der Waals surface area (Å²) in [5, 5.41) is 0. The average molecular weight is 311 g/mol. The van der Waals surface area contributed by atoms with Crippen molar-refractivity contribution in [3.63, 3.8) is 0 Å². The normalized spacial score (nSPS) is 15.4. The molecule has 3 rings (SSSR count). The highest BCUT2D eigenvalue weighted by atomic mass is 16.5. The van der Waals surface area contributed by atoms with Crippen molar-refractivity contribution >= 4 is 5.91 Å². The van der Waals surface area contributed by atoms with Gasteiger partial charge >= 0.3 is 0 Å². The molecule has 0 aromatic heterocycles. The molecule has 1 amide bonds. The lowest BCUT2D eigenvalue weighted by molar-refractivity contribution is 0.0351. The molecule has 1 saturated heterocycles. The van der Waals surface area contributed by atoms with Crippen LogP contribution in [-0.4, -0.2) is 37.1 Å². The summed E-state index contributed by atoms with van der Waals surface area (Å²) >= 11 is 0. The van der Waals surface area contributed by atoms with Crippen LogP contribution in [-0.2, 0) is 4.74 Å². The van der Waals surface area contributed by atoms with E-state index >= 15 is 0 Å². The number of amides is 1. The van der Waals surface area contributed by atoms with Crippen molar-refractivity contribution in [1.82, 2.24) is 4.90 Å². The Hall–Kier alpha value is -2.33. The van der Waals surface area contributed by atoms with Gasteiger partial charge in [0.2, 0.25) is 0 Å². The van der Waals surface area contributed by atoms with Gasteiger partial charge in [-0.15, -0.1) is 0 Å². The smallest absolute Gasteiger partial charge is 0.253 e. The summed E-state index contributed by atoms with van der Waals surface area (Å²) in [4.78, 5) is 14.4. The van der Waals surface area contributed by atoms with Crippen molar-refractivity contribution in [2.75, 3.05) is 20.2 Å². The van der Waals surface area contributed by atoms with Crippen LogP contribution in [0.25, 0.3) is 0 Å². The van der Waals surface area contributed by atoms with Gasteiger partial charge in [-0.3, -0.25) is 4.79 Å². The molecule has 4 nitrogen and oxygen atoms in total. The number of piperidine rings is 1. The molecule has 0 unspecified atom stereocenters. The first-order valence-electron chi connectivity index (χ1n) is 7.91. The maximum absolute atomic E-state index is 12.5. The summed E-state index contributed by atoms with van der Waals surface area (Å²) in [5.41, 5.74) is 0.696. The van der Waals surface area contributed by atoms with Crippen molar-refractivity contribution in [2.45, 2.75) is 18.9 Å². The molecular formula is C19H21NO3. The van der Waals surface area contributed by atoms with Gasteiger partial charge in [0.1, 0.15) is 11.5 Å². The summed E-state index contributed by atoms with van der Waals surface area (Å²) in [6, 6.07) is 16.9. The molecule has 2 aromatic rings. The minimum Gasteiger partial charge on any atom is -0.457 e. The Morgan fingerprint density at radius 2 is 1.57 bits per heavy atom. The van der Waals surface area contributed by atoms with Crippen molar-refractivity contribution in [3.8, 4) is 11.5 Å². The number of nitrogens with zero attached hydrogens (tertiary/aromatic N) is 1. The highest BCUT2D eigenvalue weighted by molar-refractivity contribution is 5.94. The van der Waals surface area contributed by atoms with Crippen LogP contribution in [0.1, 0.15) is 23.2 Å². The van der Waals surface area contributed by atoms with E-state index in [4.69, 9.17) is 9.47 Å². The quantitative estimate of drug-likeness (QED) is 0.863. The highest BCUT2D eigenvalue weighted by Crippen LogP contribution is 2.22. The molecule has 0 radical (unpaired) electrons. The maximum atomic E-state index is 12.5. The molecule has 4 heteroatoms. The van der Waals surface area contributed by atoms with E-state index in [1.54, 1.807) is 7.11 Å². The summed E-state index contributed by atoms with van der Waals surface area (Å²) in [7, 11) is 1.73. The molecule has 0 saturated carbocycles. The number of methoxy groups -OCH3 is 1. The maximum Gasteiger partial charge on any atom is 0.253 e. The molecule has 1 aliphatic rings. The number of ether oxygens (including phenoxy) is 2. The molecule has 0 bridgehead atoms. The van der Waals surface area contributed by atoms with E-state index in [1.807, 2.05) is 59.5 Å².